The van der Waals surface area contributed by atoms with E-state index < -0.39 is 0 Å². The second-order valence-corrected chi connectivity index (χ2v) is 7.32. The molecule has 128 valence electrons. The molecule has 0 bridgehead atoms. The maximum atomic E-state index is 12.5. The minimum Gasteiger partial charge on any atom is -0.311 e. The van der Waals surface area contributed by atoms with Crippen LogP contribution in [0.4, 0.5) is 0 Å². The molecule has 0 amide bonds. The van der Waals surface area contributed by atoms with Gasteiger partial charge < -0.3 is 4.98 Å². The van der Waals surface area contributed by atoms with E-state index in [1.165, 1.54) is 11.6 Å². The average Bonchev–Trinajstić information content (AvgIpc) is 2.50. The molecule has 0 saturated heterocycles. The van der Waals surface area contributed by atoms with Gasteiger partial charge in [0.15, 0.2) is 5.78 Å². The Hall–Kier alpha value is -2.23. The number of aryl methyl sites for hydroxylation is 1. The highest BCUT2D eigenvalue weighted by Crippen LogP contribution is 2.28. The van der Waals surface area contributed by atoms with Gasteiger partial charge in [0.1, 0.15) is 11.5 Å². The lowest BCUT2D eigenvalue weighted by Crippen LogP contribution is -2.16. The summed E-state index contributed by atoms with van der Waals surface area (Å²) in [4.78, 5) is 30.7. The molecule has 0 fully saturated rings. The number of hydrogen-bond donors (Lipinski definition) is 1. The van der Waals surface area contributed by atoms with Gasteiger partial charge in [-0.05, 0) is 35.8 Å². The summed E-state index contributed by atoms with van der Waals surface area (Å²) in [6.45, 7) is 10.3. The molecule has 1 heterocycles. The summed E-state index contributed by atoms with van der Waals surface area (Å²) in [5, 5.41) is 0. The van der Waals surface area contributed by atoms with E-state index in [0.717, 1.165) is 12.0 Å². The van der Waals surface area contributed by atoms with Gasteiger partial charge in [0, 0.05) is 12.5 Å². The number of benzene rings is 1. The first-order chi connectivity index (χ1) is 11.2. The number of carbonyl (C=O) groups excluding carboxylic acids is 1. The number of carbonyl (C=O) groups is 1. The fraction of sp³-hybridized carbons (Fsp3) is 0.450. The first kappa shape index (κ1) is 18.1. The zero-order chi connectivity index (χ0) is 17.9. The predicted molar refractivity (Wildman–Crippen MR) is 96.7 cm³/mol. The fourth-order valence-corrected chi connectivity index (χ4v) is 2.80. The van der Waals surface area contributed by atoms with Gasteiger partial charge in [0.05, 0.1) is 0 Å². The molecule has 2 rings (SSSR count). The normalized spacial score (nSPS) is 12.9. The Labute approximate surface area is 143 Å². The Morgan fingerprint density at radius 3 is 2.33 bits per heavy atom. The van der Waals surface area contributed by atoms with E-state index in [9.17, 15) is 9.59 Å². The molecule has 2 aromatic rings. The molecule has 0 spiro atoms. The summed E-state index contributed by atoms with van der Waals surface area (Å²) in [5.74, 6) is 0.511. The van der Waals surface area contributed by atoms with Crippen molar-refractivity contribution in [2.45, 2.75) is 58.8 Å². The Bertz CT molecular complexity index is 767. The lowest BCUT2D eigenvalue weighted by atomic mass is 9.84. The molecule has 1 N–H and O–H groups in total. The van der Waals surface area contributed by atoms with Crippen molar-refractivity contribution >= 4 is 5.78 Å². The van der Waals surface area contributed by atoms with Gasteiger partial charge in [-0.25, -0.2) is 4.98 Å². The van der Waals surface area contributed by atoms with Gasteiger partial charge >= 0.3 is 0 Å². The van der Waals surface area contributed by atoms with Crippen molar-refractivity contribution in [1.29, 1.82) is 0 Å². The van der Waals surface area contributed by atoms with Gasteiger partial charge in [-0.1, -0.05) is 52.0 Å². The summed E-state index contributed by atoms with van der Waals surface area (Å²) in [7, 11) is 0. The van der Waals surface area contributed by atoms with Crippen LogP contribution < -0.4 is 5.56 Å². The molecule has 1 aromatic heterocycles. The van der Waals surface area contributed by atoms with Crippen LogP contribution in [0.1, 0.15) is 73.9 Å². The largest absolute Gasteiger partial charge is 0.311 e. The van der Waals surface area contributed by atoms with Crippen LogP contribution in [0.2, 0.25) is 0 Å². The summed E-state index contributed by atoms with van der Waals surface area (Å²) in [5.41, 5.74) is 2.51. The Kier molecular flexibility index (Phi) is 5.37. The molecule has 1 atom stereocenters. The molecule has 0 saturated carbocycles. The monoisotopic (exact) mass is 326 g/mol. The number of nitrogens with one attached hydrogen (secondary N) is 1. The van der Waals surface area contributed by atoms with Gasteiger partial charge in [-0.15, -0.1) is 0 Å². The Balaban J connectivity index is 2.19. The van der Waals surface area contributed by atoms with Crippen LogP contribution in [0.25, 0.3) is 0 Å². The number of Topliss-reactive ketones (excluding diaryl/α,β-unsaturated/α-hetero) is 1. The molecule has 1 unspecified atom stereocenters. The van der Waals surface area contributed by atoms with Crippen LogP contribution in [0, 0.1) is 6.92 Å². The summed E-state index contributed by atoms with van der Waals surface area (Å²) in [6, 6.07) is 9.78. The number of aromatic amines is 1. The van der Waals surface area contributed by atoms with E-state index in [4.69, 9.17) is 0 Å². The fourth-order valence-electron chi connectivity index (χ4n) is 2.80. The van der Waals surface area contributed by atoms with Gasteiger partial charge in [0.25, 0.3) is 5.56 Å². The van der Waals surface area contributed by atoms with Crippen molar-refractivity contribution in [3.05, 3.63) is 63.3 Å². The van der Waals surface area contributed by atoms with E-state index in [1.54, 1.807) is 6.92 Å². The number of H-pyrrole nitrogens is 1. The van der Waals surface area contributed by atoms with Crippen molar-refractivity contribution in [3.63, 3.8) is 0 Å². The summed E-state index contributed by atoms with van der Waals surface area (Å²) >= 11 is 0. The molecule has 0 aliphatic rings. The van der Waals surface area contributed by atoms with Crippen molar-refractivity contribution < 1.29 is 4.79 Å². The van der Waals surface area contributed by atoms with Crippen LogP contribution in [-0.4, -0.2) is 15.8 Å². The highest BCUT2D eigenvalue weighted by atomic mass is 16.1. The molecule has 4 nitrogen and oxygen atoms in total. The molecule has 4 heteroatoms. The average molecular weight is 326 g/mol. The minimum atomic E-state index is -0.284. The third-order valence-electron chi connectivity index (χ3n) is 4.32. The van der Waals surface area contributed by atoms with Gasteiger partial charge in [-0.2, -0.15) is 0 Å². The van der Waals surface area contributed by atoms with Crippen LogP contribution in [0.5, 0.6) is 0 Å². The number of ketones is 1. The van der Waals surface area contributed by atoms with E-state index in [-0.39, 0.29) is 28.4 Å². The third-order valence-corrected chi connectivity index (χ3v) is 4.32. The van der Waals surface area contributed by atoms with Crippen LogP contribution in [0.15, 0.2) is 35.1 Å². The van der Waals surface area contributed by atoms with E-state index >= 15 is 0 Å². The summed E-state index contributed by atoms with van der Waals surface area (Å²) < 4.78 is 0. The van der Waals surface area contributed by atoms with E-state index in [0.29, 0.717) is 12.2 Å². The predicted octanol–water partition coefficient (Wildman–Crippen LogP) is 4.14. The van der Waals surface area contributed by atoms with Gasteiger partial charge in [0.2, 0.25) is 0 Å². The third kappa shape index (κ3) is 4.40. The standard InChI is InChI=1S/C20H26N2O2/c1-6-14(15-7-9-16(10-8-15)20(3,4)5)11-18(23)17-12-19(24)22-13(2)21-17/h7-10,12,14H,6,11H2,1-5H3,(H,21,22,24). The highest BCUT2D eigenvalue weighted by molar-refractivity contribution is 5.94. The van der Waals surface area contributed by atoms with Crippen molar-refractivity contribution in [2.75, 3.05) is 0 Å². The smallest absolute Gasteiger partial charge is 0.251 e. The molecule has 0 radical (unpaired) electrons. The molecular weight excluding hydrogens is 300 g/mol. The maximum Gasteiger partial charge on any atom is 0.251 e. The number of aromatic nitrogens is 2. The zero-order valence-electron chi connectivity index (χ0n) is 15.1. The first-order valence-electron chi connectivity index (χ1n) is 8.42. The lowest BCUT2D eigenvalue weighted by molar-refractivity contribution is 0.0967. The van der Waals surface area contributed by atoms with Gasteiger partial charge in [-0.3, -0.25) is 9.59 Å². The molecular formula is C20H26N2O2. The van der Waals surface area contributed by atoms with Crippen LogP contribution in [0.3, 0.4) is 0 Å². The van der Waals surface area contributed by atoms with Crippen LogP contribution in [-0.2, 0) is 5.41 Å². The SMILES string of the molecule is CCC(CC(=O)c1cc(=O)[nH]c(C)n1)c1ccc(C(C)(C)C)cc1. The topological polar surface area (TPSA) is 62.8 Å². The quantitative estimate of drug-likeness (QED) is 0.840. The van der Waals surface area contributed by atoms with Crippen LogP contribution >= 0.6 is 0 Å². The Morgan fingerprint density at radius 1 is 1.21 bits per heavy atom. The second kappa shape index (κ2) is 7.12. The minimum absolute atomic E-state index is 0.0871. The first-order valence-corrected chi connectivity index (χ1v) is 8.42. The summed E-state index contributed by atoms with van der Waals surface area (Å²) in [6.07, 6.45) is 1.23. The molecule has 1 aromatic carbocycles. The number of hydrogen-bond acceptors (Lipinski definition) is 3. The molecule has 0 aliphatic carbocycles. The Morgan fingerprint density at radius 2 is 1.83 bits per heavy atom. The number of rotatable bonds is 5. The second-order valence-electron chi connectivity index (χ2n) is 7.32. The van der Waals surface area contributed by atoms with Crippen molar-refractivity contribution in [3.8, 4) is 0 Å². The molecule has 0 aliphatic heterocycles. The van der Waals surface area contributed by atoms with Crippen molar-refractivity contribution in [2.24, 2.45) is 0 Å². The van der Waals surface area contributed by atoms with E-state index in [1.807, 2.05) is 0 Å². The highest BCUT2D eigenvalue weighted by Gasteiger charge is 2.19. The van der Waals surface area contributed by atoms with Crippen molar-refractivity contribution in [1.82, 2.24) is 9.97 Å². The zero-order valence-corrected chi connectivity index (χ0v) is 15.1. The van der Waals surface area contributed by atoms with E-state index in [2.05, 4.69) is 61.9 Å². The molecule has 24 heavy (non-hydrogen) atoms. The lowest BCUT2D eigenvalue weighted by Gasteiger charge is -2.21. The number of nitrogens with zero attached hydrogens (tertiary/aromatic N) is 1. The maximum absolute atomic E-state index is 12.5.